The van der Waals surface area contributed by atoms with E-state index in [9.17, 15) is 4.79 Å². The van der Waals surface area contributed by atoms with Crippen molar-refractivity contribution in [1.29, 1.82) is 0 Å². The number of fused-ring (bicyclic) bond motifs is 1. The third kappa shape index (κ3) is 6.36. The molecule has 43 heavy (non-hydrogen) atoms. The van der Waals surface area contributed by atoms with Crippen molar-refractivity contribution in [2.24, 2.45) is 0 Å². The van der Waals surface area contributed by atoms with Crippen molar-refractivity contribution in [1.82, 2.24) is 24.4 Å². The van der Waals surface area contributed by atoms with Crippen LogP contribution in [0.5, 0.6) is 11.5 Å². The van der Waals surface area contributed by atoms with Crippen LogP contribution in [0.2, 0.25) is 0 Å². The first kappa shape index (κ1) is 28.4. The maximum atomic E-state index is 13.4. The second-order valence-corrected chi connectivity index (χ2v) is 11.2. The summed E-state index contributed by atoms with van der Waals surface area (Å²) in [7, 11) is 0. The molecular formula is C34H33N5O3S. The predicted molar refractivity (Wildman–Crippen MR) is 171 cm³/mol. The Morgan fingerprint density at radius 3 is 2.23 bits per heavy atom. The Morgan fingerprint density at radius 1 is 0.814 bits per heavy atom. The maximum absolute atomic E-state index is 13.4. The number of hydrogen-bond donors (Lipinski definition) is 0. The highest BCUT2D eigenvalue weighted by Gasteiger charge is 2.15. The van der Waals surface area contributed by atoms with E-state index >= 15 is 0 Å². The summed E-state index contributed by atoms with van der Waals surface area (Å²) < 4.78 is 15.2. The molecule has 0 atom stereocenters. The number of hydrogen-bond acceptors (Lipinski definition) is 7. The summed E-state index contributed by atoms with van der Waals surface area (Å²) in [6.45, 7) is 5.46. The fraction of sp³-hybridized carbons (Fsp3) is 0.235. The van der Waals surface area contributed by atoms with Crippen LogP contribution in [-0.4, -0.2) is 37.6 Å². The van der Waals surface area contributed by atoms with Gasteiger partial charge in [0.2, 0.25) is 4.96 Å². The van der Waals surface area contributed by atoms with Gasteiger partial charge < -0.3 is 9.47 Å². The zero-order valence-electron chi connectivity index (χ0n) is 24.3. The number of benzene rings is 3. The molecule has 0 bridgehead atoms. The summed E-state index contributed by atoms with van der Waals surface area (Å²) in [5, 5.41) is 9.43. The molecule has 6 aromatic rings. The molecule has 0 unspecified atom stereocenters. The predicted octanol–water partition coefficient (Wildman–Crippen LogP) is 6.58. The Hall–Kier alpha value is -4.76. The summed E-state index contributed by atoms with van der Waals surface area (Å²) in [4.78, 5) is 18.6. The van der Waals surface area contributed by atoms with Crippen molar-refractivity contribution < 1.29 is 9.47 Å². The van der Waals surface area contributed by atoms with Gasteiger partial charge >= 0.3 is 0 Å². The van der Waals surface area contributed by atoms with Crippen LogP contribution in [0.25, 0.3) is 39.4 Å². The number of ether oxygens (including phenoxy) is 2. The van der Waals surface area contributed by atoms with Gasteiger partial charge in [-0.15, -0.1) is 5.10 Å². The Balaban J connectivity index is 1.32. The molecule has 0 saturated carbocycles. The third-order valence-corrected chi connectivity index (χ3v) is 8.01. The van der Waals surface area contributed by atoms with Crippen molar-refractivity contribution in [2.75, 3.05) is 13.2 Å². The van der Waals surface area contributed by atoms with Gasteiger partial charge in [0.1, 0.15) is 17.2 Å². The summed E-state index contributed by atoms with van der Waals surface area (Å²) in [5.74, 6) is 2.12. The fourth-order valence-electron chi connectivity index (χ4n) is 4.82. The first-order valence-electron chi connectivity index (χ1n) is 14.7. The van der Waals surface area contributed by atoms with Crippen LogP contribution in [0.4, 0.5) is 0 Å². The van der Waals surface area contributed by atoms with Gasteiger partial charge in [0.05, 0.1) is 23.4 Å². The van der Waals surface area contributed by atoms with Crippen LogP contribution < -0.4 is 19.6 Å². The van der Waals surface area contributed by atoms with Gasteiger partial charge in [-0.25, -0.2) is 4.68 Å². The van der Waals surface area contributed by atoms with Gasteiger partial charge in [0.15, 0.2) is 5.82 Å². The molecule has 3 heterocycles. The fourth-order valence-corrected chi connectivity index (χ4v) is 5.72. The van der Waals surface area contributed by atoms with E-state index in [4.69, 9.17) is 14.6 Å². The van der Waals surface area contributed by atoms with E-state index in [2.05, 4.69) is 17.0 Å². The highest BCUT2D eigenvalue weighted by atomic mass is 32.1. The van der Waals surface area contributed by atoms with E-state index < -0.39 is 0 Å². The number of aromatic nitrogens is 5. The van der Waals surface area contributed by atoms with E-state index in [1.54, 1.807) is 0 Å². The lowest BCUT2D eigenvalue weighted by Crippen LogP contribution is -2.23. The quantitative estimate of drug-likeness (QED) is 0.150. The molecule has 0 aliphatic carbocycles. The second-order valence-electron chi connectivity index (χ2n) is 10.1. The molecule has 0 aliphatic heterocycles. The van der Waals surface area contributed by atoms with Gasteiger partial charge in [0, 0.05) is 22.9 Å². The molecule has 0 aliphatic rings. The highest BCUT2D eigenvalue weighted by Crippen LogP contribution is 2.27. The lowest BCUT2D eigenvalue weighted by Gasteiger charge is -2.07. The van der Waals surface area contributed by atoms with E-state index in [-0.39, 0.29) is 5.56 Å². The smallest absolute Gasteiger partial charge is 0.291 e. The standard InChI is InChI=1S/C34H33N5O3S/c1-3-5-6-10-21-42-29-17-13-24(14-18-29)31-26(23-38(36-31)27-11-8-7-9-12-27)22-30-33(40)39-34(43-30)35-32(37-39)25-15-19-28(20-16-25)41-4-2/h7-9,11-20,22-23H,3-6,10,21H2,1-2H3. The first-order valence-corrected chi connectivity index (χ1v) is 15.5. The molecule has 0 saturated heterocycles. The lowest BCUT2D eigenvalue weighted by atomic mass is 10.1. The lowest BCUT2D eigenvalue weighted by molar-refractivity contribution is 0.305. The third-order valence-electron chi connectivity index (χ3n) is 7.05. The van der Waals surface area contributed by atoms with E-state index in [0.29, 0.717) is 28.5 Å². The molecule has 3 aromatic carbocycles. The topological polar surface area (TPSA) is 83.5 Å². The van der Waals surface area contributed by atoms with Crippen LogP contribution >= 0.6 is 11.3 Å². The number of para-hydroxylation sites is 1. The van der Waals surface area contributed by atoms with Crippen molar-refractivity contribution in [3.05, 3.63) is 106 Å². The molecule has 3 aromatic heterocycles. The molecule has 218 valence electrons. The molecule has 9 heteroatoms. The number of thiazole rings is 1. The van der Waals surface area contributed by atoms with Crippen LogP contribution in [0, 0.1) is 0 Å². The summed E-state index contributed by atoms with van der Waals surface area (Å²) in [6.07, 6.45) is 8.49. The average molecular weight is 592 g/mol. The Labute approximate surface area is 253 Å². The molecule has 0 amide bonds. The molecule has 6 rings (SSSR count). The maximum Gasteiger partial charge on any atom is 0.291 e. The summed E-state index contributed by atoms with van der Waals surface area (Å²) in [6, 6.07) is 25.5. The Morgan fingerprint density at radius 2 is 1.53 bits per heavy atom. The summed E-state index contributed by atoms with van der Waals surface area (Å²) in [5.41, 5.74) is 4.07. The Kier molecular flexibility index (Phi) is 8.60. The number of unbranched alkanes of at least 4 members (excludes halogenated alkanes) is 3. The summed E-state index contributed by atoms with van der Waals surface area (Å²) >= 11 is 1.31. The molecule has 8 nitrogen and oxygen atoms in total. The minimum Gasteiger partial charge on any atom is -0.494 e. The van der Waals surface area contributed by atoms with E-state index in [1.165, 1.54) is 35.1 Å². The monoisotopic (exact) mass is 591 g/mol. The van der Waals surface area contributed by atoms with Crippen LogP contribution in [-0.2, 0) is 0 Å². The van der Waals surface area contributed by atoms with Crippen molar-refractivity contribution in [3.63, 3.8) is 0 Å². The molecule has 0 radical (unpaired) electrons. The van der Waals surface area contributed by atoms with Gasteiger partial charge in [-0.05, 0) is 80.1 Å². The minimum atomic E-state index is -0.213. The molecule has 0 fully saturated rings. The molecule has 0 spiro atoms. The minimum absolute atomic E-state index is 0.213. The van der Waals surface area contributed by atoms with Crippen molar-refractivity contribution in [3.8, 4) is 39.8 Å². The van der Waals surface area contributed by atoms with Gasteiger partial charge in [-0.3, -0.25) is 4.79 Å². The normalized spacial score (nSPS) is 11.8. The van der Waals surface area contributed by atoms with Gasteiger partial charge in [-0.1, -0.05) is 55.7 Å². The van der Waals surface area contributed by atoms with Crippen molar-refractivity contribution in [2.45, 2.75) is 39.5 Å². The van der Waals surface area contributed by atoms with Crippen LogP contribution in [0.1, 0.15) is 45.1 Å². The number of nitrogens with zero attached hydrogens (tertiary/aromatic N) is 5. The van der Waals surface area contributed by atoms with E-state index in [1.807, 2.05) is 103 Å². The van der Waals surface area contributed by atoms with Gasteiger partial charge in [0.25, 0.3) is 5.56 Å². The van der Waals surface area contributed by atoms with Gasteiger partial charge in [-0.2, -0.15) is 14.6 Å². The molecular weight excluding hydrogens is 558 g/mol. The first-order chi connectivity index (χ1) is 21.1. The van der Waals surface area contributed by atoms with E-state index in [0.717, 1.165) is 46.0 Å². The Bertz CT molecular complexity index is 1910. The SMILES string of the molecule is CCCCCCOc1ccc(-c2nn(-c3ccccc3)cc2C=c2sc3nc(-c4ccc(OCC)cc4)nn3c2=O)cc1. The molecule has 0 N–H and O–H groups in total. The second kappa shape index (κ2) is 13.0. The zero-order chi connectivity index (χ0) is 29.6. The van der Waals surface area contributed by atoms with Crippen LogP contribution in [0.15, 0.2) is 89.9 Å². The highest BCUT2D eigenvalue weighted by molar-refractivity contribution is 7.15. The average Bonchev–Trinajstić information content (AvgIpc) is 3.73. The van der Waals surface area contributed by atoms with Crippen LogP contribution in [0.3, 0.4) is 0 Å². The number of rotatable bonds is 12. The zero-order valence-corrected chi connectivity index (χ0v) is 25.1. The van der Waals surface area contributed by atoms with Crippen molar-refractivity contribution >= 4 is 22.4 Å². The largest absolute Gasteiger partial charge is 0.494 e.